The summed E-state index contributed by atoms with van der Waals surface area (Å²) in [5.41, 5.74) is 4.15. The van der Waals surface area contributed by atoms with Gasteiger partial charge in [-0.15, -0.1) is 0 Å². The van der Waals surface area contributed by atoms with Crippen LogP contribution in [0.15, 0.2) is 47.6 Å². The molecule has 188 valence electrons. The third-order valence-corrected chi connectivity index (χ3v) is 5.28. The predicted molar refractivity (Wildman–Crippen MR) is 133 cm³/mol. The molecule has 0 amide bonds. The van der Waals surface area contributed by atoms with Gasteiger partial charge in [-0.3, -0.25) is 0 Å². The standard InChI is InChI=1S/C24H26FN7O4/c1-35-20-13-16(5-10-19(20)36-15-21(33)34)14-26-31-23-28-22(27-18-8-6-17(25)7-9-18)29-24(30-23)32-11-3-2-4-12-32/h5-10,13-14H,2-4,11-12,15H2,1H3,(H,33,34)(H2,27,28,29,30,31). The molecular formula is C24H26FN7O4. The summed E-state index contributed by atoms with van der Waals surface area (Å²) in [6.45, 7) is 1.22. The van der Waals surface area contributed by atoms with Gasteiger partial charge in [-0.1, -0.05) is 0 Å². The lowest BCUT2D eigenvalue weighted by Crippen LogP contribution is -2.31. The Hall–Kier alpha value is -4.48. The summed E-state index contributed by atoms with van der Waals surface area (Å²) in [6.07, 6.45) is 4.82. The molecule has 0 spiro atoms. The van der Waals surface area contributed by atoms with Crippen molar-refractivity contribution in [3.05, 3.63) is 53.8 Å². The zero-order valence-electron chi connectivity index (χ0n) is 19.6. The van der Waals surface area contributed by atoms with Gasteiger partial charge in [0.05, 0.1) is 13.3 Å². The lowest BCUT2D eigenvalue weighted by molar-refractivity contribution is -0.139. The highest BCUT2D eigenvalue weighted by molar-refractivity contribution is 5.81. The highest BCUT2D eigenvalue weighted by Gasteiger charge is 2.16. The first kappa shape index (κ1) is 24.6. The molecule has 3 aromatic rings. The van der Waals surface area contributed by atoms with Gasteiger partial charge < -0.3 is 24.8 Å². The Balaban J connectivity index is 1.51. The number of nitrogens with zero attached hydrogens (tertiary/aromatic N) is 5. The van der Waals surface area contributed by atoms with Crippen LogP contribution >= 0.6 is 0 Å². The van der Waals surface area contributed by atoms with Crippen LogP contribution < -0.4 is 25.1 Å². The average molecular weight is 496 g/mol. The molecule has 2 heterocycles. The van der Waals surface area contributed by atoms with Gasteiger partial charge in [0, 0.05) is 18.8 Å². The second-order valence-corrected chi connectivity index (χ2v) is 7.92. The van der Waals surface area contributed by atoms with E-state index in [2.05, 4.69) is 35.7 Å². The summed E-state index contributed by atoms with van der Waals surface area (Å²) in [5.74, 6) is 0.329. The summed E-state index contributed by atoms with van der Waals surface area (Å²) in [4.78, 5) is 26.3. The fourth-order valence-electron chi connectivity index (χ4n) is 3.56. The molecule has 1 aliphatic rings. The Morgan fingerprint density at radius 3 is 2.56 bits per heavy atom. The van der Waals surface area contributed by atoms with Gasteiger partial charge in [0.2, 0.25) is 17.8 Å². The van der Waals surface area contributed by atoms with Crippen LogP contribution in [0.1, 0.15) is 24.8 Å². The molecule has 2 aromatic carbocycles. The van der Waals surface area contributed by atoms with Crippen LogP contribution in [-0.2, 0) is 4.79 Å². The average Bonchev–Trinajstić information content (AvgIpc) is 2.89. The van der Waals surface area contributed by atoms with E-state index in [1.54, 1.807) is 36.5 Å². The van der Waals surface area contributed by atoms with Crippen LogP contribution in [0, 0.1) is 5.82 Å². The van der Waals surface area contributed by atoms with Gasteiger partial charge in [0.15, 0.2) is 18.1 Å². The molecule has 0 aliphatic carbocycles. The summed E-state index contributed by atoms with van der Waals surface area (Å²) in [5, 5.41) is 16.1. The molecule has 0 radical (unpaired) electrons. The lowest BCUT2D eigenvalue weighted by atomic mass is 10.1. The van der Waals surface area contributed by atoms with Crippen molar-refractivity contribution in [1.82, 2.24) is 15.0 Å². The first-order valence-corrected chi connectivity index (χ1v) is 11.4. The number of anilines is 4. The quantitative estimate of drug-likeness (QED) is 0.282. The van der Waals surface area contributed by atoms with E-state index < -0.39 is 12.6 Å². The van der Waals surface area contributed by atoms with Crippen molar-refractivity contribution in [2.75, 3.05) is 42.4 Å². The Kier molecular flexibility index (Phi) is 8.06. The molecule has 0 unspecified atom stereocenters. The van der Waals surface area contributed by atoms with Crippen LogP contribution in [0.2, 0.25) is 0 Å². The molecule has 4 rings (SSSR count). The number of nitrogens with one attached hydrogen (secondary N) is 2. The number of aromatic nitrogens is 3. The van der Waals surface area contributed by atoms with E-state index in [1.807, 2.05) is 0 Å². The number of hydrogen-bond acceptors (Lipinski definition) is 10. The smallest absolute Gasteiger partial charge is 0.341 e. The number of carbonyl (C=O) groups is 1. The largest absolute Gasteiger partial charge is 0.493 e. The van der Waals surface area contributed by atoms with Gasteiger partial charge in [0.25, 0.3) is 0 Å². The van der Waals surface area contributed by atoms with Gasteiger partial charge in [-0.25, -0.2) is 14.6 Å². The minimum atomic E-state index is -1.08. The number of ether oxygens (including phenoxy) is 2. The van der Waals surface area contributed by atoms with Gasteiger partial charge in [-0.2, -0.15) is 20.1 Å². The van der Waals surface area contributed by atoms with Crippen molar-refractivity contribution in [1.29, 1.82) is 0 Å². The number of aliphatic carboxylic acids is 1. The highest BCUT2D eigenvalue weighted by Crippen LogP contribution is 2.27. The van der Waals surface area contributed by atoms with Crippen LogP contribution in [0.3, 0.4) is 0 Å². The fourth-order valence-corrected chi connectivity index (χ4v) is 3.56. The molecule has 1 aliphatic heterocycles. The molecule has 12 heteroatoms. The zero-order valence-corrected chi connectivity index (χ0v) is 19.6. The SMILES string of the molecule is COc1cc(C=NNc2nc(Nc3ccc(F)cc3)nc(N3CCCCC3)n2)ccc1OCC(=O)O. The summed E-state index contributed by atoms with van der Waals surface area (Å²) < 4.78 is 23.8. The van der Waals surface area contributed by atoms with Crippen LogP contribution in [0.5, 0.6) is 11.5 Å². The van der Waals surface area contributed by atoms with E-state index in [9.17, 15) is 9.18 Å². The van der Waals surface area contributed by atoms with Crippen molar-refractivity contribution in [2.45, 2.75) is 19.3 Å². The Labute approximate surface area is 207 Å². The first-order chi connectivity index (χ1) is 17.5. The number of halogens is 1. The fraction of sp³-hybridized carbons (Fsp3) is 0.292. The second kappa shape index (κ2) is 11.8. The second-order valence-electron chi connectivity index (χ2n) is 7.92. The number of hydrogen-bond donors (Lipinski definition) is 3. The number of piperidine rings is 1. The molecule has 0 bridgehead atoms. The number of benzene rings is 2. The van der Waals surface area contributed by atoms with E-state index >= 15 is 0 Å². The topological polar surface area (TPSA) is 134 Å². The lowest BCUT2D eigenvalue weighted by Gasteiger charge is -2.26. The molecule has 0 saturated carbocycles. The number of methoxy groups -OCH3 is 1. The van der Waals surface area contributed by atoms with Gasteiger partial charge >= 0.3 is 5.97 Å². The molecular weight excluding hydrogens is 469 g/mol. The number of rotatable bonds is 10. The van der Waals surface area contributed by atoms with E-state index in [-0.39, 0.29) is 11.8 Å². The van der Waals surface area contributed by atoms with E-state index in [0.29, 0.717) is 34.6 Å². The molecule has 3 N–H and O–H groups in total. The van der Waals surface area contributed by atoms with Crippen LogP contribution in [-0.4, -0.2) is 59.0 Å². The maximum Gasteiger partial charge on any atom is 0.341 e. The molecule has 1 saturated heterocycles. The summed E-state index contributed by atoms with van der Waals surface area (Å²) in [6, 6.07) is 10.9. The van der Waals surface area contributed by atoms with Crippen molar-refractivity contribution >= 4 is 35.7 Å². The summed E-state index contributed by atoms with van der Waals surface area (Å²) in [7, 11) is 1.46. The predicted octanol–water partition coefficient (Wildman–Crippen LogP) is 3.66. The van der Waals surface area contributed by atoms with E-state index in [1.165, 1.54) is 25.7 Å². The molecule has 11 nitrogen and oxygen atoms in total. The molecule has 36 heavy (non-hydrogen) atoms. The van der Waals surface area contributed by atoms with Gasteiger partial charge in [-0.05, 0) is 67.3 Å². The van der Waals surface area contributed by atoms with Crippen molar-refractivity contribution in [2.24, 2.45) is 5.10 Å². The van der Waals surface area contributed by atoms with Crippen molar-refractivity contribution in [3.8, 4) is 11.5 Å². The molecule has 1 aromatic heterocycles. The first-order valence-electron chi connectivity index (χ1n) is 11.4. The minimum Gasteiger partial charge on any atom is -0.493 e. The maximum absolute atomic E-state index is 13.3. The Morgan fingerprint density at radius 2 is 1.83 bits per heavy atom. The van der Waals surface area contributed by atoms with E-state index in [4.69, 9.17) is 14.6 Å². The highest BCUT2D eigenvalue weighted by atomic mass is 19.1. The third kappa shape index (κ3) is 6.78. The van der Waals surface area contributed by atoms with Crippen LogP contribution in [0.4, 0.5) is 27.9 Å². The van der Waals surface area contributed by atoms with Gasteiger partial charge in [0.1, 0.15) is 5.82 Å². The Morgan fingerprint density at radius 1 is 1.08 bits per heavy atom. The normalized spacial score (nSPS) is 13.4. The number of carboxylic acid groups (broad SMARTS) is 1. The number of hydrazone groups is 1. The van der Waals surface area contributed by atoms with Crippen LogP contribution in [0.25, 0.3) is 0 Å². The monoisotopic (exact) mass is 495 g/mol. The Bertz CT molecular complexity index is 1220. The van der Waals surface area contributed by atoms with Crippen molar-refractivity contribution < 1.29 is 23.8 Å². The summed E-state index contributed by atoms with van der Waals surface area (Å²) >= 11 is 0. The third-order valence-electron chi connectivity index (χ3n) is 5.28. The maximum atomic E-state index is 13.3. The molecule has 0 atom stereocenters. The molecule has 1 fully saturated rings. The zero-order chi connectivity index (χ0) is 25.3. The van der Waals surface area contributed by atoms with Crippen molar-refractivity contribution in [3.63, 3.8) is 0 Å². The van der Waals surface area contributed by atoms with E-state index in [0.717, 1.165) is 25.9 Å². The minimum absolute atomic E-state index is 0.236. The number of carboxylic acids is 1.